The molecule has 1 rings (SSSR count). The molecule has 0 aliphatic carbocycles. The molecule has 0 aromatic rings. The monoisotopic (exact) mass is 215 g/mol. The van der Waals surface area contributed by atoms with Gasteiger partial charge in [-0.2, -0.15) is 0 Å². The van der Waals surface area contributed by atoms with Crippen molar-refractivity contribution in [1.82, 2.24) is 4.23 Å². The van der Waals surface area contributed by atoms with E-state index >= 15 is 0 Å². The highest BCUT2D eigenvalue weighted by Crippen LogP contribution is 2.36. The van der Waals surface area contributed by atoms with Crippen molar-refractivity contribution in [1.29, 1.82) is 0 Å². The Morgan fingerprint density at radius 2 is 1.46 bits per heavy atom. The molecular formula is C10H25NSi2. The lowest BCUT2D eigenvalue weighted by Gasteiger charge is -2.38. The van der Waals surface area contributed by atoms with Crippen LogP contribution in [0.1, 0.15) is 19.8 Å². The molecule has 1 saturated heterocycles. The zero-order valence-corrected chi connectivity index (χ0v) is 12.0. The Morgan fingerprint density at radius 3 is 1.85 bits per heavy atom. The molecule has 1 heterocycles. The van der Waals surface area contributed by atoms with Gasteiger partial charge in [0.1, 0.15) is 16.5 Å². The summed E-state index contributed by atoms with van der Waals surface area (Å²) in [7, 11) is -1.89. The second-order valence-corrected chi connectivity index (χ2v) is 15.4. The number of nitrogens with zero attached hydrogens (tertiary/aromatic N) is 1. The molecular weight excluding hydrogens is 190 g/mol. The van der Waals surface area contributed by atoms with Gasteiger partial charge in [0.2, 0.25) is 0 Å². The third-order valence-corrected chi connectivity index (χ3v) is 14.0. The van der Waals surface area contributed by atoms with Gasteiger partial charge in [0.25, 0.3) is 0 Å². The van der Waals surface area contributed by atoms with Gasteiger partial charge in [0.15, 0.2) is 0 Å². The number of rotatable bonds is 3. The zero-order valence-electron chi connectivity index (χ0n) is 9.98. The summed E-state index contributed by atoms with van der Waals surface area (Å²) in [6, 6.07) is 3.10. The fourth-order valence-electron chi connectivity index (χ4n) is 2.62. The van der Waals surface area contributed by atoms with E-state index in [0.29, 0.717) is 0 Å². The maximum atomic E-state index is 2.98. The SMILES string of the molecule is CCCCN1[Si](C)(C)CC[Si]1(C)C. The smallest absolute Gasteiger partial charge is 0.115 e. The average molecular weight is 215 g/mol. The molecule has 1 aliphatic heterocycles. The predicted octanol–water partition coefficient (Wildman–Crippen LogP) is 3.51. The molecule has 0 amide bonds. The molecule has 0 aromatic heterocycles. The minimum absolute atomic E-state index is 0.947. The normalized spacial score (nSPS) is 26.5. The molecule has 1 fully saturated rings. The fourth-order valence-corrected chi connectivity index (χ4v) is 16.8. The second-order valence-electron chi connectivity index (χ2n) is 5.63. The number of hydrogen-bond donors (Lipinski definition) is 0. The van der Waals surface area contributed by atoms with Gasteiger partial charge in [-0.3, -0.25) is 0 Å². The Hall–Kier alpha value is 0.394. The Kier molecular flexibility index (Phi) is 3.41. The van der Waals surface area contributed by atoms with Crippen molar-refractivity contribution in [2.75, 3.05) is 6.54 Å². The Balaban J connectivity index is 2.64. The van der Waals surface area contributed by atoms with Gasteiger partial charge in [-0.05, 0) is 25.1 Å². The van der Waals surface area contributed by atoms with Crippen LogP contribution >= 0.6 is 0 Å². The van der Waals surface area contributed by atoms with Gasteiger partial charge in [0.05, 0.1) is 0 Å². The topological polar surface area (TPSA) is 3.24 Å². The molecule has 0 radical (unpaired) electrons. The maximum Gasteiger partial charge on any atom is 0.115 e. The third kappa shape index (κ3) is 2.45. The van der Waals surface area contributed by atoms with E-state index in [2.05, 4.69) is 37.3 Å². The molecule has 13 heavy (non-hydrogen) atoms. The molecule has 3 heteroatoms. The van der Waals surface area contributed by atoms with Crippen LogP contribution in [0, 0.1) is 0 Å². The first-order chi connectivity index (χ1) is 5.90. The minimum atomic E-state index is -0.947. The van der Waals surface area contributed by atoms with E-state index in [4.69, 9.17) is 0 Å². The van der Waals surface area contributed by atoms with E-state index in [-0.39, 0.29) is 0 Å². The van der Waals surface area contributed by atoms with E-state index in [9.17, 15) is 0 Å². The largest absolute Gasteiger partial charge is 0.345 e. The van der Waals surface area contributed by atoms with Crippen molar-refractivity contribution in [3.05, 3.63) is 0 Å². The zero-order chi connectivity index (χ0) is 10.1. The van der Waals surface area contributed by atoms with E-state index in [1.54, 1.807) is 12.1 Å². The standard InChI is InChI=1S/C10H25NSi2/c1-6-7-8-11-12(2,3)9-10-13(11,4)5/h6-10H2,1-5H3. The van der Waals surface area contributed by atoms with Gasteiger partial charge in [-0.15, -0.1) is 0 Å². The molecule has 0 unspecified atom stereocenters. The van der Waals surface area contributed by atoms with Gasteiger partial charge in [-0.1, -0.05) is 39.5 Å². The van der Waals surface area contributed by atoms with Crippen LogP contribution in [0.3, 0.4) is 0 Å². The summed E-state index contributed by atoms with van der Waals surface area (Å²) < 4.78 is 2.98. The van der Waals surface area contributed by atoms with Crippen LogP contribution in [0.25, 0.3) is 0 Å². The molecule has 0 aromatic carbocycles. The summed E-state index contributed by atoms with van der Waals surface area (Å²) in [5.74, 6) is 0. The summed E-state index contributed by atoms with van der Waals surface area (Å²) >= 11 is 0. The van der Waals surface area contributed by atoms with E-state index in [0.717, 1.165) is 0 Å². The predicted molar refractivity (Wildman–Crippen MR) is 66.2 cm³/mol. The number of unbranched alkanes of at least 4 members (excludes halogenated alkanes) is 1. The third-order valence-electron chi connectivity index (χ3n) is 3.55. The van der Waals surface area contributed by atoms with Gasteiger partial charge in [0, 0.05) is 0 Å². The average Bonchev–Trinajstić information content (AvgIpc) is 2.20. The first-order valence-corrected chi connectivity index (χ1v) is 12.0. The van der Waals surface area contributed by atoms with Crippen molar-refractivity contribution in [3.8, 4) is 0 Å². The Morgan fingerprint density at radius 1 is 1.00 bits per heavy atom. The van der Waals surface area contributed by atoms with Crippen LogP contribution in [0.15, 0.2) is 0 Å². The van der Waals surface area contributed by atoms with E-state index in [1.807, 2.05) is 0 Å². The lowest BCUT2D eigenvalue weighted by atomic mass is 10.3. The van der Waals surface area contributed by atoms with Crippen LogP contribution < -0.4 is 0 Å². The van der Waals surface area contributed by atoms with E-state index in [1.165, 1.54) is 19.4 Å². The van der Waals surface area contributed by atoms with Crippen molar-refractivity contribution < 1.29 is 0 Å². The molecule has 0 spiro atoms. The summed E-state index contributed by atoms with van der Waals surface area (Å²) in [5, 5.41) is 0. The van der Waals surface area contributed by atoms with Crippen molar-refractivity contribution >= 4 is 16.5 Å². The fraction of sp³-hybridized carbons (Fsp3) is 1.00. The van der Waals surface area contributed by atoms with Gasteiger partial charge < -0.3 is 4.23 Å². The Bertz CT molecular complexity index is 162. The molecule has 1 aliphatic rings. The van der Waals surface area contributed by atoms with Crippen molar-refractivity contribution in [3.63, 3.8) is 0 Å². The molecule has 0 bridgehead atoms. The summed E-state index contributed by atoms with van der Waals surface area (Å²) in [4.78, 5) is 0. The van der Waals surface area contributed by atoms with Crippen LogP contribution in [-0.2, 0) is 0 Å². The molecule has 0 atom stereocenters. The first kappa shape index (κ1) is 11.5. The van der Waals surface area contributed by atoms with Crippen molar-refractivity contribution in [2.45, 2.75) is 58.0 Å². The maximum absolute atomic E-state index is 2.98. The van der Waals surface area contributed by atoms with Crippen LogP contribution in [-0.4, -0.2) is 27.2 Å². The molecule has 0 N–H and O–H groups in total. The van der Waals surface area contributed by atoms with E-state index < -0.39 is 16.5 Å². The summed E-state index contributed by atoms with van der Waals surface area (Å²) in [6.45, 7) is 13.9. The highest BCUT2D eigenvalue weighted by Gasteiger charge is 2.46. The van der Waals surface area contributed by atoms with Crippen LogP contribution in [0.2, 0.25) is 38.3 Å². The van der Waals surface area contributed by atoms with Crippen molar-refractivity contribution in [2.24, 2.45) is 0 Å². The van der Waals surface area contributed by atoms with Gasteiger partial charge >= 0.3 is 0 Å². The van der Waals surface area contributed by atoms with Gasteiger partial charge in [-0.25, -0.2) is 0 Å². The second kappa shape index (κ2) is 3.87. The summed E-state index contributed by atoms with van der Waals surface area (Å²) in [5.41, 5.74) is 0. The molecule has 1 nitrogen and oxygen atoms in total. The first-order valence-electron chi connectivity index (χ1n) is 5.68. The van der Waals surface area contributed by atoms with Crippen LogP contribution in [0.4, 0.5) is 0 Å². The lowest BCUT2D eigenvalue weighted by molar-refractivity contribution is 0.583. The Labute approximate surface area is 85.7 Å². The quantitative estimate of drug-likeness (QED) is 0.651. The highest BCUT2D eigenvalue weighted by atomic mass is 28.4. The molecule has 0 saturated carbocycles. The summed E-state index contributed by atoms with van der Waals surface area (Å²) in [6.07, 6.45) is 2.76. The number of hydrogen-bond acceptors (Lipinski definition) is 1. The van der Waals surface area contributed by atoms with Crippen LogP contribution in [0.5, 0.6) is 0 Å². The molecule has 78 valence electrons. The minimum Gasteiger partial charge on any atom is -0.345 e. The lowest BCUT2D eigenvalue weighted by Crippen LogP contribution is -2.55. The highest BCUT2D eigenvalue weighted by molar-refractivity contribution is 6.95.